The second-order valence-electron chi connectivity index (χ2n) is 5.68. The first-order valence-electron chi connectivity index (χ1n) is 7.29. The molecule has 1 atom stereocenters. The fourth-order valence-electron chi connectivity index (χ4n) is 2.62. The van der Waals surface area contributed by atoms with E-state index in [1.54, 1.807) is 0 Å². The Morgan fingerprint density at radius 2 is 1.82 bits per heavy atom. The van der Waals surface area contributed by atoms with Gasteiger partial charge in [0.1, 0.15) is 6.61 Å². The normalized spacial score (nSPS) is 22.8. The minimum atomic E-state index is -1.58. The fourth-order valence-corrected chi connectivity index (χ4v) is 2.62. The maximum atomic E-state index is 12.0. The summed E-state index contributed by atoms with van der Waals surface area (Å²) in [5.74, 6) is -0.574. The highest BCUT2D eigenvalue weighted by Gasteiger charge is 2.47. The van der Waals surface area contributed by atoms with Crippen LogP contribution >= 0.6 is 0 Å². The summed E-state index contributed by atoms with van der Waals surface area (Å²) >= 11 is 0. The predicted molar refractivity (Wildman–Crippen MR) is 85.2 cm³/mol. The fraction of sp³-hybridized carbons (Fsp3) is 0.211. The molecular weight excluding hydrogens is 276 g/mol. The number of carbonyl (C=O) groups is 1. The van der Waals surface area contributed by atoms with Crippen molar-refractivity contribution in [2.24, 2.45) is 0 Å². The molecule has 1 aliphatic rings. The Bertz CT molecular complexity index is 701. The molecule has 1 fully saturated rings. The highest BCUT2D eigenvalue weighted by molar-refractivity contribution is 5.89. The van der Waals surface area contributed by atoms with E-state index in [2.05, 4.69) is 0 Å². The largest absolute Gasteiger partial charge is 0.459 e. The molecular formula is C19H18O3. The van der Waals surface area contributed by atoms with Gasteiger partial charge >= 0.3 is 5.97 Å². The van der Waals surface area contributed by atoms with Gasteiger partial charge in [0, 0.05) is 12.0 Å². The van der Waals surface area contributed by atoms with E-state index in [1.807, 2.05) is 67.6 Å². The predicted octanol–water partition coefficient (Wildman–Crippen LogP) is 2.91. The second-order valence-corrected chi connectivity index (χ2v) is 5.68. The van der Waals surface area contributed by atoms with Crippen LogP contribution in [-0.2, 0) is 16.0 Å². The summed E-state index contributed by atoms with van der Waals surface area (Å²) in [5, 5.41) is 10.8. The average molecular weight is 294 g/mol. The van der Waals surface area contributed by atoms with Gasteiger partial charge in [-0.2, -0.15) is 0 Å². The SMILES string of the molecule is Cc1ccc(/C=C2\COC(=O)C2(O)Cc2ccccc2)cc1. The van der Waals surface area contributed by atoms with Gasteiger partial charge in [0.15, 0.2) is 5.60 Å². The maximum Gasteiger partial charge on any atom is 0.343 e. The van der Waals surface area contributed by atoms with Crippen LogP contribution in [0.2, 0.25) is 0 Å². The first-order valence-corrected chi connectivity index (χ1v) is 7.29. The van der Waals surface area contributed by atoms with Gasteiger partial charge in [0.2, 0.25) is 0 Å². The van der Waals surface area contributed by atoms with Crippen molar-refractivity contribution >= 4 is 12.0 Å². The van der Waals surface area contributed by atoms with Crippen LogP contribution < -0.4 is 0 Å². The molecule has 2 aromatic rings. The quantitative estimate of drug-likeness (QED) is 0.885. The molecule has 3 heteroatoms. The molecule has 1 heterocycles. The third-order valence-corrected chi connectivity index (χ3v) is 3.95. The van der Waals surface area contributed by atoms with Gasteiger partial charge in [-0.3, -0.25) is 0 Å². The van der Waals surface area contributed by atoms with E-state index in [1.165, 1.54) is 5.56 Å². The number of aryl methyl sites for hydroxylation is 1. The molecule has 0 amide bonds. The summed E-state index contributed by atoms with van der Waals surface area (Å²) < 4.78 is 5.09. The summed E-state index contributed by atoms with van der Waals surface area (Å²) in [4.78, 5) is 12.0. The molecule has 0 radical (unpaired) electrons. The Morgan fingerprint density at radius 3 is 2.50 bits per heavy atom. The number of benzene rings is 2. The number of hydrogen-bond acceptors (Lipinski definition) is 3. The Morgan fingerprint density at radius 1 is 1.14 bits per heavy atom. The van der Waals surface area contributed by atoms with Crippen LogP contribution in [0.15, 0.2) is 60.2 Å². The minimum Gasteiger partial charge on any atom is -0.459 e. The smallest absolute Gasteiger partial charge is 0.343 e. The highest BCUT2D eigenvalue weighted by Crippen LogP contribution is 2.31. The summed E-state index contributed by atoms with van der Waals surface area (Å²) in [7, 11) is 0. The van der Waals surface area contributed by atoms with Crippen molar-refractivity contribution in [1.82, 2.24) is 0 Å². The molecule has 1 N–H and O–H groups in total. The lowest BCUT2D eigenvalue weighted by molar-refractivity contribution is -0.151. The number of carbonyl (C=O) groups excluding carboxylic acids is 1. The van der Waals surface area contributed by atoms with Crippen molar-refractivity contribution in [3.63, 3.8) is 0 Å². The third kappa shape index (κ3) is 2.81. The lowest BCUT2D eigenvalue weighted by atomic mass is 9.88. The van der Waals surface area contributed by atoms with E-state index < -0.39 is 11.6 Å². The van der Waals surface area contributed by atoms with Crippen LogP contribution in [0, 0.1) is 6.92 Å². The molecule has 1 unspecified atom stereocenters. The first kappa shape index (κ1) is 14.5. The van der Waals surface area contributed by atoms with E-state index >= 15 is 0 Å². The zero-order valence-electron chi connectivity index (χ0n) is 12.5. The molecule has 3 rings (SSSR count). The van der Waals surface area contributed by atoms with E-state index in [-0.39, 0.29) is 13.0 Å². The number of esters is 1. The van der Waals surface area contributed by atoms with Crippen molar-refractivity contribution < 1.29 is 14.6 Å². The first-order chi connectivity index (χ1) is 10.6. The van der Waals surface area contributed by atoms with Crippen LogP contribution in [0.4, 0.5) is 0 Å². The Hall–Kier alpha value is -2.39. The van der Waals surface area contributed by atoms with E-state index in [4.69, 9.17) is 4.74 Å². The van der Waals surface area contributed by atoms with E-state index in [0.29, 0.717) is 5.57 Å². The molecule has 0 aliphatic carbocycles. The van der Waals surface area contributed by atoms with Gasteiger partial charge in [-0.05, 0) is 24.1 Å². The van der Waals surface area contributed by atoms with Gasteiger partial charge in [0.25, 0.3) is 0 Å². The molecule has 0 bridgehead atoms. The summed E-state index contributed by atoms with van der Waals surface area (Å²) in [6, 6.07) is 17.4. The van der Waals surface area contributed by atoms with Gasteiger partial charge < -0.3 is 9.84 Å². The van der Waals surface area contributed by atoms with Crippen molar-refractivity contribution in [2.45, 2.75) is 18.9 Å². The lowest BCUT2D eigenvalue weighted by Gasteiger charge is -2.20. The summed E-state index contributed by atoms with van der Waals surface area (Å²) in [6.45, 7) is 2.15. The number of hydrogen-bond donors (Lipinski definition) is 1. The molecule has 22 heavy (non-hydrogen) atoms. The molecule has 1 aliphatic heterocycles. The average Bonchev–Trinajstić information content (AvgIpc) is 2.79. The molecule has 1 saturated heterocycles. The molecule has 3 nitrogen and oxygen atoms in total. The number of aliphatic hydroxyl groups is 1. The monoisotopic (exact) mass is 294 g/mol. The highest BCUT2D eigenvalue weighted by atomic mass is 16.6. The van der Waals surface area contributed by atoms with Crippen LogP contribution in [-0.4, -0.2) is 23.3 Å². The lowest BCUT2D eigenvalue weighted by Crippen LogP contribution is -2.38. The van der Waals surface area contributed by atoms with Crippen molar-refractivity contribution in [3.05, 3.63) is 76.9 Å². The van der Waals surface area contributed by atoms with Gasteiger partial charge in [-0.15, -0.1) is 0 Å². The second kappa shape index (κ2) is 5.78. The van der Waals surface area contributed by atoms with Crippen LogP contribution in [0.3, 0.4) is 0 Å². The van der Waals surface area contributed by atoms with E-state index in [9.17, 15) is 9.90 Å². The van der Waals surface area contributed by atoms with Crippen LogP contribution in [0.5, 0.6) is 0 Å². The number of ether oxygens (including phenoxy) is 1. The number of cyclic esters (lactones) is 1. The molecule has 0 saturated carbocycles. The number of rotatable bonds is 3. The zero-order valence-corrected chi connectivity index (χ0v) is 12.5. The third-order valence-electron chi connectivity index (χ3n) is 3.95. The van der Waals surface area contributed by atoms with Crippen molar-refractivity contribution in [1.29, 1.82) is 0 Å². The molecule has 0 spiro atoms. The minimum absolute atomic E-state index is 0.135. The van der Waals surface area contributed by atoms with E-state index in [0.717, 1.165) is 11.1 Å². The standard InChI is InChI=1S/C19H18O3/c1-14-7-9-15(10-8-14)11-17-13-22-18(20)19(17,21)12-16-5-3-2-4-6-16/h2-11,21H,12-13H2,1H3/b17-11+. The molecule has 112 valence electrons. The Labute approximate surface area is 129 Å². The summed E-state index contributed by atoms with van der Waals surface area (Å²) in [5.41, 5.74) is 2.04. The van der Waals surface area contributed by atoms with Crippen molar-refractivity contribution in [3.8, 4) is 0 Å². The van der Waals surface area contributed by atoms with Gasteiger partial charge in [-0.25, -0.2) is 4.79 Å². The molecule has 0 aromatic heterocycles. The summed E-state index contributed by atoms with van der Waals surface area (Å²) in [6.07, 6.45) is 2.07. The Balaban J connectivity index is 1.93. The Kier molecular flexibility index (Phi) is 3.82. The van der Waals surface area contributed by atoms with Crippen molar-refractivity contribution in [2.75, 3.05) is 6.61 Å². The maximum absolute atomic E-state index is 12.0. The van der Waals surface area contributed by atoms with Crippen LogP contribution in [0.25, 0.3) is 6.08 Å². The van der Waals surface area contributed by atoms with Gasteiger partial charge in [-0.1, -0.05) is 60.2 Å². The topological polar surface area (TPSA) is 46.5 Å². The zero-order chi connectivity index (χ0) is 15.6. The van der Waals surface area contributed by atoms with Crippen LogP contribution in [0.1, 0.15) is 16.7 Å². The van der Waals surface area contributed by atoms with Gasteiger partial charge in [0.05, 0.1) is 0 Å². The molecule has 2 aromatic carbocycles.